The molecule has 0 radical (unpaired) electrons. The quantitative estimate of drug-likeness (QED) is 0.744. The van der Waals surface area contributed by atoms with Gasteiger partial charge in [-0.25, -0.2) is 0 Å². The third-order valence-electron chi connectivity index (χ3n) is 5.11. The van der Waals surface area contributed by atoms with Crippen molar-refractivity contribution in [3.8, 4) is 0 Å². The molecule has 0 N–H and O–H groups in total. The number of aryl methyl sites for hydroxylation is 1. The van der Waals surface area contributed by atoms with E-state index in [0.29, 0.717) is 18.1 Å². The maximum atomic E-state index is 12.8. The molecule has 1 aromatic rings. The van der Waals surface area contributed by atoms with Gasteiger partial charge in [-0.2, -0.15) is 0 Å². The molecule has 1 aliphatic carbocycles. The first-order valence-electron chi connectivity index (χ1n) is 8.61. The first-order valence-corrected chi connectivity index (χ1v) is 9.76. The number of carbonyl (C=O) groups excluding carboxylic acids is 3. The Balaban J connectivity index is 1.61. The van der Waals surface area contributed by atoms with Crippen molar-refractivity contribution in [2.75, 3.05) is 11.6 Å². The molecule has 2 aliphatic rings. The first-order chi connectivity index (χ1) is 11.7. The number of amides is 1. The Kier molecular flexibility index (Phi) is 5.72. The molecule has 1 saturated heterocycles. The van der Waals surface area contributed by atoms with E-state index in [1.165, 1.54) is 0 Å². The van der Waals surface area contributed by atoms with E-state index in [-0.39, 0.29) is 29.6 Å². The molecular formula is C19H23NO3S. The lowest BCUT2D eigenvalue weighted by Crippen LogP contribution is -2.43. The van der Waals surface area contributed by atoms with Crippen molar-refractivity contribution in [2.45, 2.75) is 38.1 Å². The normalized spacial score (nSPS) is 26.5. The van der Waals surface area contributed by atoms with Gasteiger partial charge in [0.05, 0.1) is 11.9 Å². The van der Waals surface area contributed by atoms with E-state index >= 15 is 0 Å². The molecule has 1 heterocycles. The van der Waals surface area contributed by atoms with Crippen molar-refractivity contribution in [2.24, 2.45) is 11.8 Å². The molecule has 0 spiro atoms. The van der Waals surface area contributed by atoms with Gasteiger partial charge in [-0.15, -0.1) is 11.8 Å². The van der Waals surface area contributed by atoms with Crippen LogP contribution < -0.4 is 0 Å². The Morgan fingerprint density at radius 2 is 1.92 bits per heavy atom. The first kappa shape index (κ1) is 17.2. The summed E-state index contributed by atoms with van der Waals surface area (Å²) in [5, 5.41) is 0. The zero-order valence-corrected chi connectivity index (χ0v) is 14.5. The third kappa shape index (κ3) is 3.72. The summed E-state index contributed by atoms with van der Waals surface area (Å²) >= 11 is 1.61. The molecule has 1 aliphatic heterocycles. The zero-order chi connectivity index (χ0) is 16.9. The average molecular weight is 345 g/mol. The van der Waals surface area contributed by atoms with Crippen LogP contribution in [0.5, 0.6) is 0 Å². The van der Waals surface area contributed by atoms with Gasteiger partial charge in [0.15, 0.2) is 0 Å². The molecule has 128 valence electrons. The summed E-state index contributed by atoms with van der Waals surface area (Å²) in [5.41, 5.74) is 1.16. The van der Waals surface area contributed by atoms with Crippen LogP contribution in [0.25, 0.3) is 0 Å². The van der Waals surface area contributed by atoms with Crippen LogP contribution in [-0.2, 0) is 20.8 Å². The fraction of sp³-hybridized carbons (Fsp3) is 0.526. The molecule has 5 heteroatoms. The monoisotopic (exact) mass is 345 g/mol. The maximum absolute atomic E-state index is 12.8. The highest BCUT2D eigenvalue weighted by molar-refractivity contribution is 7.99. The van der Waals surface area contributed by atoms with Gasteiger partial charge in [0.2, 0.25) is 5.91 Å². The van der Waals surface area contributed by atoms with Gasteiger partial charge in [-0.05, 0) is 24.8 Å². The molecule has 1 saturated carbocycles. The van der Waals surface area contributed by atoms with Crippen LogP contribution in [0.15, 0.2) is 30.3 Å². The number of ketones is 1. The lowest BCUT2D eigenvalue weighted by atomic mass is 9.88. The summed E-state index contributed by atoms with van der Waals surface area (Å²) in [6.07, 6.45) is 4.58. The Labute approximate surface area is 147 Å². The molecular weight excluding hydrogens is 322 g/mol. The Hall–Kier alpha value is -1.62. The van der Waals surface area contributed by atoms with Gasteiger partial charge in [-0.1, -0.05) is 36.8 Å². The number of thioether (sulfide) groups is 1. The Morgan fingerprint density at radius 1 is 1.17 bits per heavy atom. The predicted molar refractivity (Wildman–Crippen MR) is 94.6 cm³/mol. The van der Waals surface area contributed by atoms with E-state index in [4.69, 9.17) is 0 Å². The summed E-state index contributed by atoms with van der Waals surface area (Å²) in [6, 6.07) is 9.66. The number of hydrogen-bond acceptors (Lipinski definition) is 4. The molecule has 24 heavy (non-hydrogen) atoms. The largest absolute Gasteiger partial charge is 0.323 e. The standard InChI is InChI=1S/C19H23NO3S/c21-11-15-12-24-13-20(15)19(23)17-8-4-7-16(17)18(22)10-9-14-5-2-1-3-6-14/h1-3,5-6,11,15-17H,4,7-10,12-13H2/t15-,16?,17?/m1/s1. The van der Waals surface area contributed by atoms with E-state index in [0.717, 1.165) is 37.5 Å². The predicted octanol–water partition coefficient (Wildman–Crippen LogP) is 2.71. The highest BCUT2D eigenvalue weighted by atomic mass is 32.2. The maximum Gasteiger partial charge on any atom is 0.227 e. The molecule has 4 nitrogen and oxygen atoms in total. The van der Waals surface area contributed by atoms with Gasteiger partial charge < -0.3 is 9.69 Å². The van der Waals surface area contributed by atoms with Gasteiger partial charge >= 0.3 is 0 Å². The van der Waals surface area contributed by atoms with Gasteiger partial charge in [0.1, 0.15) is 12.1 Å². The molecule has 0 aromatic heterocycles. The van der Waals surface area contributed by atoms with Crippen LogP contribution >= 0.6 is 11.8 Å². The van der Waals surface area contributed by atoms with Gasteiger partial charge in [-0.3, -0.25) is 9.59 Å². The lowest BCUT2D eigenvalue weighted by Gasteiger charge is -2.26. The summed E-state index contributed by atoms with van der Waals surface area (Å²) in [4.78, 5) is 38.3. The summed E-state index contributed by atoms with van der Waals surface area (Å²) in [7, 11) is 0. The van der Waals surface area contributed by atoms with Crippen LogP contribution in [-0.4, -0.2) is 40.5 Å². The fourth-order valence-corrected chi connectivity index (χ4v) is 4.87. The number of aldehydes is 1. The minimum absolute atomic E-state index is 0.00709. The second kappa shape index (κ2) is 7.97. The fourth-order valence-electron chi connectivity index (χ4n) is 3.75. The van der Waals surface area contributed by atoms with E-state index in [9.17, 15) is 14.4 Å². The molecule has 1 amide bonds. The van der Waals surface area contributed by atoms with Crippen molar-refractivity contribution in [3.63, 3.8) is 0 Å². The molecule has 2 unspecified atom stereocenters. The number of nitrogens with zero attached hydrogens (tertiary/aromatic N) is 1. The zero-order valence-electron chi connectivity index (χ0n) is 13.7. The average Bonchev–Trinajstić information content (AvgIpc) is 3.28. The minimum Gasteiger partial charge on any atom is -0.323 e. The van der Waals surface area contributed by atoms with E-state index in [1.54, 1.807) is 16.7 Å². The van der Waals surface area contributed by atoms with Crippen molar-refractivity contribution in [3.05, 3.63) is 35.9 Å². The highest BCUT2D eigenvalue weighted by Crippen LogP contribution is 2.36. The van der Waals surface area contributed by atoms with E-state index in [1.807, 2.05) is 30.3 Å². The summed E-state index contributed by atoms with van der Waals surface area (Å²) in [6.45, 7) is 0. The molecule has 2 fully saturated rings. The lowest BCUT2D eigenvalue weighted by molar-refractivity contribution is -0.141. The minimum atomic E-state index is -0.317. The van der Waals surface area contributed by atoms with Crippen LogP contribution in [0, 0.1) is 11.8 Å². The number of rotatable bonds is 6. The van der Waals surface area contributed by atoms with Gasteiger partial charge in [0.25, 0.3) is 0 Å². The van der Waals surface area contributed by atoms with Gasteiger partial charge in [0, 0.05) is 24.0 Å². The Morgan fingerprint density at radius 3 is 2.67 bits per heavy atom. The number of benzene rings is 1. The van der Waals surface area contributed by atoms with Crippen molar-refractivity contribution < 1.29 is 14.4 Å². The second-order valence-corrected chi connectivity index (χ2v) is 7.61. The topological polar surface area (TPSA) is 54.5 Å². The molecule has 3 atom stereocenters. The summed E-state index contributed by atoms with van der Waals surface area (Å²) < 4.78 is 0. The molecule has 0 bridgehead atoms. The van der Waals surface area contributed by atoms with E-state index < -0.39 is 0 Å². The molecule has 1 aromatic carbocycles. The van der Waals surface area contributed by atoms with Crippen LogP contribution in [0.2, 0.25) is 0 Å². The number of carbonyl (C=O) groups is 3. The highest BCUT2D eigenvalue weighted by Gasteiger charge is 2.41. The van der Waals surface area contributed by atoms with Crippen molar-refractivity contribution >= 4 is 29.7 Å². The number of hydrogen-bond donors (Lipinski definition) is 0. The number of Topliss-reactive ketones (excluding diaryl/α,β-unsaturated/α-hetero) is 1. The van der Waals surface area contributed by atoms with Crippen LogP contribution in [0.3, 0.4) is 0 Å². The van der Waals surface area contributed by atoms with Crippen LogP contribution in [0.4, 0.5) is 0 Å². The summed E-state index contributed by atoms with van der Waals surface area (Å²) in [5.74, 6) is 1.06. The smallest absolute Gasteiger partial charge is 0.227 e. The molecule has 3 rings (SSSR count). The Bertz CT molecular complexity index is 604. The van der Waals surface area contributed by atoms with Crippen molar-refractivity contribution in [1.29, 1.82) is 0 Å². The second-order valence-electron chi connectivity index (χ2n) is 6.61. The van der Waals surface area contributed by atoms with Crippen LogP contribution in [0.1, 0.15) is 31.2 Å². The SMILES string of the molecule is O=C[C@@H]1CSCN1C(=O)C1CCCC1C(=O)CCc1ccccc1. The van der Waals surface area contributed by atoms with E-state index in [2.05, 4.69) is 0 Å². The third-order valence-corrected chi connectivity index (χ3v) is 6.15. The van der Waals surface area contributed by atoms with Crippen molar-refractivity contribution in [1.82, 2.24) is 4.90 Å².